The number of aromatic nitrogens is 3. The Hall–Kier alpha value is -2.36. The van der Waals surface area contributed by atoms with Crippen LogP contribution in [0.3, 0.4) is 0 Å². The number of thioether (sulfide) groups is 1. The molecule has 0 spiro atoms. The molecule has 0 fully saturated rings. The molecule has 26 heavy (non-hydrogen) atoms. The fourth-order valence-corrected chi connectivity index (χ4v) is 2.79. The first kappa shape index (κ1) is 20.0. The number of nitrogens with zero attached hydrogens (tertiary/aromatic N) is 3. The van der Waals surface area contributed by atoms with Gasteiger partial charge in [-0.2, -0.15) is 8.78 Å². The van der Waals surface area contributed by atoms with Crippen LogP contribution in [0, 0.1) is 5.92 Å². The van der Waals surface area contributed by atoms with Gasteiger partial charge in [0.2, 0.25) is 11.1 Å². The van der Waals surface area contributed by atoms with Crippen molar-refractivity contribution in [1.82, 2.24) is 20.2 Å². The number of carbonyl (C=O) groups excluding carboxylic acids is 1. The zero-order valence-corrected chi connectivity index (χ0v) is 15.5. The molecule has 1 aromatic heterocycles. The lowest BCUT2D eigenvalue weighted by molar-refractivity contribution is -0.120. The highest BCUT2D eigenvalue weighted by molar-refractivity contribution is 8.00. The molecule has 0 radical (unpaired) electrons. The molecule has 142 valence electrons. The van der Waals surface area contributed by atoms with Gasteiger partial charge >= 0.3 is 6.61 Å². The number of nitrogens with two attached hydrogens (primary N) is 1. The van der Waals surface area contributed by atoms with Gasteiger partial charge in [-0.1, -0.05) is 25.6 Å². The Kier molecular flexibility index (Phi) is 6.78. The van der Waals surface area contributed by atoms with Crippen molar-refractivity contribution in [1.29, 1.82) is 0 Å². The molecule has 1 unspecified atom stereocenters. The SMILES string of the molecule is CC(C)CNC(=O)C(C)Sc1nnc(-c2ccc(OC(F)F)cc2)n1N. The van der Waals surface area contributed by atoms with Gasteiger partial charge in [0.1, 0.15) is 5.75 Å². The number of ether oxygens (including phenoxy) is 1. The number of nitrogens with one attached hydrogen (secondary N) is 1. The third kappa shape index (κ3) is 5.32. The summed E-state index contributed by atoms with van der Waals surface area (Å²) >= 11 is 1.19. The van der Waals surface area contributed by atoms with E-state index in [4.69, 9.17) is 5.84 Å². The minimum absolute atomic E-state index is 0.0388. The molecule has 10 heteroatoms. The number of rotatable bonds is 8. The highest BCUT2D eigenvalue weighted by Gasteiger charge is 2.20. The molecule has 0 aliphatic heterocycles. The van der Waals surface area contributed by atoms with Gasteiger partial charge in [-0.05, 0) is 37.1 Å². The Balaban J connectivity index is 2.06. The number of hydrogen-bond acceptors (Lipinski definition) is 6. The van der Waals surface area contributed by atoms with Crippen molar-refractivity contribution >= 4 is 17.7 Å². The monoisotopic (exact) mass is 385 g/mol. The number of halogens is 2. The van der Waals surface area contributed by atoms with E-state index >= 15 is 0 Å². The minimum Gasteiger partial charge on any atom is -0.435 e. The molecule has 1 heterocycles. The molecule has 0 bridgehead atoms. The molecule has 3 N–H and O–H groups in total. The first-order valence-electron chi connectivity index (χ1n) is 7.98. The van der Waals surface area contributed by atoms with Crippen LogP contribution in [0.2, 0.25) is 0 Å². The van der Waals surface area contributed by atoms with Crippen LogP contribution in [-0.4, -0.2) is 39.2 Å². The molecular formula is C16H21F2N5O2S. The largest absolute Gasteiger partial charge is 0.435 e. The summed E-state index contributed by atoms with van der Waals surface area (Å²) < 4.78 is 30.0. The molecule has 1 amide bonds. The van der Waals surface area contributed by atoms with Crippen molar-refractivity contribution in [2.45, 2.75) is 37.8 Å². The molecule has 0 aliphatic rings. The molecule has 1 aromatic carbocycles. The highest BCUT2D eigenvalue weighted by atomic mass is 32.2. The van der Waals surface area contributed by atoms with E-state index in [0.29, 0.717) is 29.0 Å². The van der Waals surface area contributed by atoms with Crippen LogP contribution >= 0.6 is 11.8 Å². The second-order valence-corrected chi connectivity index (χ2v) is 7.29. The first-order valence-corrected chi connectivity index (χ1v) is 8.86. The summed E-state index contributed by atoms with van der Waals surface area (Å²) in [6.45, 7) is 3.49. The predicted molar refractivity (Wildman–Crippen MR) is 95.4 cm³/mol. The van der Waals surface area contributed by atoms with E-state index in [2.05, 4.69) is 20.3 Å². The van der Waals surface area contributed by atoms with Crippen LogP contribution in [0.5, 0.6) is 5.75 Å². The Bertz CT molecular complexity index is 737. The van der Waals surface area contributed by atoms with Crippen LogP contribution in [0.4, 0.5) is 8.78 Å². The third-order valence-corrected chi connectivity index (χ3v) is 4.39. The number of alkyl halides is 2. The number of carbonyl (C=O) groups is 1. The van der Waals surface area contributed by atoms with Crippen molar-refractivity contribution in [3.63, 3.8) is 0 Å². The number of hydrogen-bond donors (Lipinski definition) is 2. The molecule has 0 saturated carbocycles. The van der Waals surface area contributed by atoms with E-state index in [-0.39, 0.29) is 11.7 Å². The maximum absolute atomic E-state index is 12.2. The summed E-state index contributed by atoms with van der Waals surface area (Å²) in [6, 6.07) is 5.90. The van der Waals surface area contributed by atoms with E-state index < -0.39 is 11.9 Å². The smallest absolute Gasteiger partial charge is 0.387 e. The maximum atomic E-state index is 12.2. The summed E-state index contributed by atoms with van der Waals surface area (Å²) in [7, 11) is 0. The van der Waals surface area contributed by atoms with E-state index in [1.54, 1.807) is 19.1 Å². The Morgan fingerprint density at radius 3 is 2.50 bits per heavy atom. The van der Waals surface area contributed by atoms with Crippen molar-refractivity contribution in [2.75, 3.05) is 12.4 Å². The van der Waals surface area contributed by atoms with Gasteiger partial charge in [0, 0.05) is 12.1 Å². The second kappa shape index (κ2) is 8.84. The van der Waals surface area contributed by atoms with Gasteiger partial charge in [-0.15, -0.1) is 10.2 Å². The summed E-state index contributed by atoms with van der Waals surface area (Å²) in [5, 5.41) is 10.8. The average molecular weight is 385 g/mol. The molecule has 0 saturated heterocycles. The molecule has 2 rings (SSSR count). The zero-order chi connectivity index (χ0) is 19.3. The topological polar surface area (TPSA) is 95.1 Å². The minimum atomic E-state index is -2.88. The maximum Gasteiger partial charge on any atom is 0.387 e. The van der Waals surface area contributed by atoms with Crippen molar-refractivity contribution in [2.24, 2.45) is 5.92 Å². The highest BCUT2D eigenvalue weighted by Crippen LogP contribution is 2.26. The number of amides is 1. The normalized spacial score (nSPS) is 12.4. The van der Waals surface area contributed by atoms with Crippen LogP contribution in [-0.2, 0) is 4.79 Å². The van der Waals surface area contributed by atoms with Crippen molar-refractivity contribution < 1.29 is 18.3 Å². The van der Waals surface area contributed by atoms with Crippen molar-refractivity contribution in [3.8, 4) is 17.1 Å². The van der Waals surface area contributed by atoms with Gasteiger partial charge in [-0.3, -0.25) is 4.79 Å². The fourth-order valence-electron chi connectivity index (χ4n) is 2.00. The fraction of sp³-hybridized carbons (Fsp3) is 0.438. The molecular weight excluding hydrogens is 364 g/mol. The summed E-state index contributed by atoms with van der Waals surface area (Å²) in [4.78, 5) is 12.1. The van der Waals surface area contributed by atoms with E-state index in [0.717, 1.165) is 0 Å². The third-order valence-electron chi connectivity index (χ3n) is 3.34. The van der Waals surface area contributed by atoms with E-state index in [9.17, 15) is 13.6 Å². The van der Waals surface area contributed by atoms with Gasteiger partial charge < -0.3 is 15.9 Å². The molecule has 7 nitrogen and oxygen atoms in total. The lowest BCUT2D eigenvalue weighted by Gasteiger charge is -2.12. The number of nitrogen functional groups attached to an aromatic ring is 1. The van der Waals surface area contributed by atoms with Gasteiger partial charge in [0.05, 0.1) is 5.25 Å². The molecule has 2 aromatic rings. The van der Waals surface area contributed by atoms with Gasteiger partial charge in [0.25, 0.3) is 0 Å². The Labute approximate surface area is 154 Å². The zero-order valence-electron chi connectivity index (χ0n) is 14.6. The Morgan fingerprint density at radius 1 is 1.27 bits per heavy atom. The standard InChI is InChI=1S/C16H21F2N5O2S/c1-9(2)8-20-14(24)10(3)26-16-22-21-13(23(16)19)11-4-6-12(7-5-11)25-15(17)18/h4-7,9-10,15H,8,19H2,1-3H3,(H,20,24). The quantitative estimate of drug-likeness (QED) is 0.536. The van der Waals surface area contributed by atoms with Gasteiger partial charge in [-0.25, -0.2) is 4.68 Å². The van der Waals surface area contributed by atoms with E-state index in [1.807, 2.05) is 13.8 Å². The molecule has 0 aliphatic carbocycles. The van der Waals surface area contributed by atoms with Crippen LogP contribution < -0.4 is 15.9 Å². The second-order valence-electron chi connectivity index (χ2n) is 5.98. The van der Waals surface area contributed by atoms with Crippen LogP contribution in [0.15, 0.2) is 29.4 Å². The van der Waals surface area contributed by atoms with E-state index in [1.165, 1.54) is 28.6 Å². The first-order chi connectivity index (χ1) is 12.3. The Morgan fingerprint density at radius 2 is 1.92 bits per heavy atom. The van der Waals surface area contributed by atoms with Crippen LogP contribution in [0.25, 0.3) is 11.4 Å². The van der Waals surface area contributed by atoms with Crippen molar-refractivity contribution in [3.05, 3.63) is 24.3 Å². The van der Waals surface area contributed by atoms with Crippen LogP contribution in [0.1, 0.15) is 20.8 Å². The summed E-state index contributed by atoms with van der Waals surface area (Å²) in [5.41, 5.74) is 0.588. The van der Waals surface area contributed by atoms with Gasteiger partial charge in [0.15, 0.2) is 5.82 Å². The lowest BCUT2D eigenvalue weighted by Crippen LogP contribution is -2.33. The number of benzene rings is 1. The average Bonchev–Trinajstić information content (AvgIpc) is 2.93. The predicted octanol–water partition coefficient (Wildman–Crippen LogP) is 2.51. The molecule has 1 atom stereocenters. The summed E-state index contributed by atoms with van der Waals surface area (Å²) in [6.07, 6.45) is 0. The summed E-state index contributed by atoms with van der Waals surface area (Å²) in [5.74, 6) is 6.65. The lowest BCUT2D eigenvalue weighted by atomic mass is 10.2.